The summed E-state index contributed by atoms with van der Waals surface area (Å²) in [5.74, 6) is 2.52. The summed E-state index contributed by atoms with van der Waals surface area (Å²) in [6.07, 6.45) is 11.7. The minimum absolute atomic E-state index is 0.164. The van der Waals surface area contributed by atoms with Gasteiger partial charge in [-0.3, -0.25) is 0 Å². The van der Waals surface area contributed by atoms with Gasteiger partial charge in [-0.15, -0.1) is 0 Å². The summed E-state index contributed by atoms with van der Waals surface area (Å²) >= 11 is 0. The quantitative estimate of drug-likeness (QED) is 0.330. The van der Waals surface area contributed by atoms with Crippen LogP contribution < -0.4 is 0 Å². The molecule has 2 heteroatoms. The first kappa shape index (κ1) is 24.0. The molecule has 1 aliphatic rings. The van der Waals surface area contributed by atoms with Gasteiger partial charge in [0.25, 0.3) is 0 Å². The smallest absolute Gasteiger partial charge is 0.0695 e. The molecular weight excluding hydrogens is 318 g/mol. The van der Waals surface area contributed by atoms with Gasteiger partial charge in [0.15, 0.2) is 0 Å². The molecule has 2 nitrogen and oxygen atoms in total. The van der Waals surface area contributed by atoms with E-state index in [1.807, 2.05) is 0 Å². The van der Waals surface area contributed by atoms with Crippen LogP contribution in [0.5, 0.6) is 0 Å². The third-order valence-corrected chi connectivity index (χ3v) is 7.34. The molecule has 0 bridgehead atoms. The largest absolute Gasteiger partial charge is 0.375 e. The van der Waals surface area contributed by atoms with Crippen molar-refractivity contribution in [3.05, 3.63) is 0 Å². The molecule has 0 aliphatic carbocycles. The fraction of sp³-hybridized carbons (Fsp3) is 1.00. The predicted molar refractivity (Wildman–Crippen MR) is 116 cm³/mol. The monoisotopic (exact) mass is 367 g/mol. The van der Waals surface area contributed by atoms with E-state index in [2.05, 4.69) is 53.4 Å². The highest BCUT2D eigenvalue weighted by Gasteiger charge is 2.38. The van der Waals surface area contributed by atoms with E-state index < -0.39 is 0 Å². The maximum atomic E-state index is 6.33. The van der Waals surface area contributed by atoms with Crippen LogP contribution in [0.25, 0.3) is 0 Å². The molecule has 0 N–H and O–H groups in total. The van der Waals surface area contributed by atoms with Gasteiger partial charge in [0.05, 0.1) is 12.2 Å². The second kappa shape index (κ2) is 12.4. The zero-order valence-corrected chi connectivity index (χ0v) is 19.2. The van der Waals surface area contributed by atoms with Crippen LogP contribution in [0.2, 0.25) is 0 Å². The first-order chi connectivity index (χ1) is 12.4. The Morgan fingerprint density at radius 1 is 1.04 bits per heavy atom. The lowest BCUT2D eigenvalue weighted by Crippen LogP contribution is -2.40. The lowest BCUT2D eigenvalue weighted by Gasteiger charge is -2.35. The van der Waals surface area contributed by atoms with Crippen molar-refractivity contribution in [2.24, 2.45) is 17.8 Å². The molecule has 26 heavy (non-hydrogen) atoms. The van der Waals surface area contributed by atoms with Crippen molar-refractivity contribution in [3.63, 3.8) is 0 Å². The summed E-state index contributed by atoms with van der Waals surface area (Å²) in [4.78, 5) is 2.75. The molecule has 1 saturated heterocycles. The van der Waals surface area contributed by atoms with E-state index in [4.69, 9.17) is 4.74 Å². The van der Waals surface area contributed by atoms with Gasteiger partial charge in [-0.2, -0.15) is 0 Å². The molecule has 4 atom stereocenters. The van der Waals surface area contributed by atoms with E-state index in [0.717, 1.165) is 30.4 Å². The van der Waals surface area contributed by atoms with Gasteiger partial charge in [-0.05, 0) is 56.4 Å². The van der Waals surface area contributed by atoms with Crippen molar-refractivity contribution in [1.82, 2.24) is 4.90 Å². The van der Waals surface area contributed by atoms with E-state index in [1.54, 1.807) is 0 Å². The summed E-state index contributed by atoms with van der Waals surface area (Å²) < 4.78 is 6.33. The average molecular weight is 368 g/mol. The van der Waals surface area contributed by atoms with Crippen molar-refractivity contribution < 1.29 is 4.74 Å². The molecule has 1 rings (SSSR count). The first-order valence-corrected chi connectivity index (χ1v) is 11.8. The summed E-state index contributed by atoms with van der Waals surface area (Å²) in [5.41, 5.74) is 0.164. The maximum absolute atomic E-state index is 6.33. The summed E-state index contributed by atoms with van der Waals surface area (Å²) in [7, 11) is 0. The van der Waals surface area contributed by atoms with Gasteiger partial charge in [0, 0.05) is 12.6 Å². The molecule has 4 unspecified atom stereocenters. The van der Waals surface area contributed by atoms with Crippen LogP contribution >= 0.6 is 0 Å². The summed E-state index contributed by atoms with van der Waals surface area (Å²) in [6.45, 7) is 19.9. The van der Waals surface area contributed by atoms with Crippen molar-refractivity contribution >= 4 is 0 Å². The highest BCUT2D eigenvalue weighted by Crippen LogP contribution is 2.37. The van der Waals surface area contributed by atoms with Crippen molar-refractivity contribution in [2.75, 3.05) is 19.7 Å². The molecule has 0 aromatic heterocycles. The van der Waals surface area contributed by atoms with Gasteiger partial charge in [0.2, 0.25) is 0 Å². The second-order valence-corrected chi connectivity index (χ2v) is 9.11. The maximum Gasteiger partial charge on any atom is 0.0695 e. The third kappa shape index (κ3) is 7.15. The van der Waals surface area contributed by atoms with Crippen molar-refractivity contribution in [3.8, 4) is 0 Å². The van der Waals surface area contributed by atoms with Gasteiger partial charge in [-0.1, -0.05) is 74.1 Å². The number of nitrogens with zero attached hydrogens (tertiary/aromatic N) is 1. The standard InChI is InChI=1S/C24H49NO/c1-8-21-18-24(11-4,26-19-21)16-17-25(12-5)23(10-3)15-13-14-22(9-2)20(6)7/h20-23H,8-19H2,1-7H3. The molecule has 1 fully saturated rings. The second-order valence-electron chi connectivity index (χ2n) is 9.11. The van der Waals surface area contributed by atoms with Crippen LogP contribution in [0, 0.1) is 17.8 Å². The van der Waals surface area contributed by atoms with E-state index in [1.165, 1.54) is 70.9 Å². The first-order valence-electron chi connectivity index (χ1n) is 11.8. The van der Waals surface area contributed by atoms with Gasteiger partial charge in [-0.25, -0.2) is 0 Å². The molecule has 1 aliphatic heterocycles. The fourth-order valence-electron chi connectivity index (χ4n) is 5.01. The van der Waals surface area contributed by atoms with E-state index in [0.29, 0.717) is 0 Å². The highest BCUT2D eigenvalue weighted by molar-refractivity contribution is 4.89. The summed E-state index contributed by atoms with van der Waals surface area (Å²) in [6, 6.07) is 0.752. The van der Waals surface area contributed by atoms with Crippen LogP contribution in [0.3, 0.4) is 0 Å². The van der Waals surface area contributed by atoms with Gasteiger partial charge < -0.3 is 9.64 Å². The van der Waals surface area contributed by atoms with Gasteiger partial charge >= 0.3 is 0 Å². The lowest BCUT2D eigenvalue weighted by atomic mass is 9.86. The SMILES string of the molecule is CCC1COC(CC)(CCN(CC)C(CC)CCCC(CC)C(C)C)C1. The minimum atomic E-state index is 0.164. The molecular formula is C24H49NO. The van der Waals surface area contributed by atoms with Gasteiger partial charge in [0.1, 0.15) is 0 Å². The Labute approximate surface area is 165 Å². The number of rotatable bonds is 14. The van der Waals surface area contributed by atoms with E-state index >= 15 is 0 Å². The Balaban J connectivity index is 2.50. The van der Waals surface area contributed by atoms with Crippen LogP contribution in [0.1, 0.15) is 106 Å². The minimum Gasteiger partial charge on any atom is -0.375 e. The Morgan fingerprint density at radius 3 is 2.23 bits per heavy atom. The van der Waals surface area contributed by atoms with E-state index in [-0.39, 0.29) is 5.60 Å². The van der Waals surface area contributed by atoms with Crippen molar-refractivity contribution in [1.29, 1.82) is 0 Å². The number of ether oxygens (including phenoxy) is 1. The molecule has 0 aromatic rings. The van der Waals surface area contributed by atoms with Crippen LogP contribution in [-0.2, 0) is 4.74 Å². The molecule has 0 radical (unpaired) electrons. The van der Waals surface area contributed by atoms with Crippen LogP contribution in [-0.4, -0.2) is 36.2 Å². The van der Waals surface area contributed by atoms with E-state index in [9.17, 15) is 0 Å². The average Bonchev–Trinajstić information content (AvgIpc) is 3.07. The Bertz CT molecular complexity index is 356. The molecule has 0 aromatic carbocycles. The zero-order valence-electron chi connectivity index (χ0n) is 19.2. The number of hydrogen-bond donors (Lipinski definition) is 0. The van der Waals surface area contributed by atoms with Crippen molar-refractivity contribution in [2.45, 2.75) is 118 Å². The Hall–Kier alpha value is -0.0800. The van der Waals surface area contributed by atoms with Crippen LogP contribution in [0.15, 0.2) is 0 Å². The molecule has 0 spiro atoms. The molecule has 1 heterocycles. The fourth-order valence-corrected chi connectivity index (χ4v) is 5.01. The van der Waals surface area contributed by atoms with Crippen LogP contribution in [0.4, 0.5) is 0 Å². The topological polar surface area (TPSA) is 12.5 Å². The molecule has 0 saturated carbocycles. The lowest BCUT2D eigenvalue weighted by molar-refractivity contribution is -0.0164. The summed E-state index contributed by atoms with van der Waals surface area (Å²) in [5, 5.41) is 0. The Morgan fingerprint density at radius 2 is 1.77 bits per heavy atom. The Kier molecular flexibility index (Phi) is 11.4. The molecule has 156 valence electrons. The predicted octanol–water partition coefficient (Wildman–Crippen LogP) is 6.92. The zero-order chi connectivity index (χ0) is 19.6. The molecule has 0 amide bonds. The highest BCUT2D eigenvalue weighted by atomic mass is 16.5. The normalized spacial score (nSPS) is 26.0. The third-order valence-electron chi connectivity index (χ3n) is 7.34. The number of hydrogen-bond acceptors (Lipinski definition) is 2.